The van der Waals surface area contributed by atoms with Crippen LogP contribution in [0.3, 0.4) is 0 Å². The monoisotopic (exact) mass is 226 g/mol. The van der Waals surface area contributed by atoms with Crippen LogP contribution in [-0.2, 0) is 42.3 Å². The zero-order chi connectivity index (χ0) is 5.41. The van der Waals surface area contributed by atoms with Gasteiger partial charge in [-0.25, -0.2) is 10.5 Å². The summed E-state index contributed by atoms with van der Waals surface area (Å²) in [6.07, 6.45) is 0. The quantitative estimate of drug-likeness (QED) is 0.256. The predicted octanol–water partition coefficient (Wildman–Crippen LogP) is -2.45. The summed E-state index contributed by atoms with van der Waals surface area (Å²) in [5.41, 5.74) is 0. The fraction of sp³-hybridized carbons (Fsp3) is 0. The van der Waals surface area contributed by atoms with Gasteiger partial charge in [0.2, 0.25) is 0 Å². The van der Waals surface area contributed by atoms with Crippen LogP contribution in [0.5, 0.6) is 0 Å². The summed E-state index contributed by atoms with van der Waals surface area (Å²) in [5, 5.41) is 16.9. The topological polar surface area (TPSA) is 142 Å². The first-order valence-electron chi connectivity index (χ1n) is 0.855. The molecule has 0 bridgehead atoms. The predicted molar refractivity (Wildman–Crippen MR) is 36.8 cm³/mol. The van der Waals surface area contributed by atoms with Crippen LogP contribution in [0.1, 0.15) is 0 Å². The van der Waals surface area contributed by atoms with Crippen LogP contribution in [0.2, 0.25) is 0 Å². The van der Waals surface area contributed by atoms with Gasteiger partial charge in [-0.15, -0.1) is 0 Å². The first kappa shape index (κ1) is 52.4. The molecule has 0 fully saturated rings. The summed E-state index contributed by atoms with van der Waals surface area (Å²) in [5.74, 6) is 0. The van der Waals surface area contributed by atoms with Gasteiger partial charge in [0.05, 0.1) is 0 Å². The van der Waals surface area contributed by atoms with Crippen molar-refractivity contribution in [3.05, 3.63) is 0 Å². The fourth-order valence-electron chi connectivity index (χ4n) is 0. The van der Waals surface area contributed by atoms with E-state index in [0.717, 1.165) is 0 Å². The molecule has 0 unspecified atom stereocenters. The molecule has 0 aliphatic carbocycles. The summed E-state index contributed by atoms with van der Waals surface area (Å²) in [6, 6.07) is 0. The summed E-state index contributed by atoms with van der Waals surface area (Å²) in [7, 11) is 0. The second-order valence-electron chi connectivity index (χ2n) is 0.183. The average molecular weight is 226 g/mol. The molecule has 0 aromatic heterocycles. The smallest absolute Gasteiger partial charge is 0.696 e. The molecule has 6 N–H and O–H groups in total. The Hall–Kier alpha value is -0.181. The number of hydrogen-bond acceptors (Lipinski definition) is 4. The Morgan fingerprint density at radius 1 is 0.800 bits per heavy atom. The van der Waals surface area contributed by atoms with Crippen molar-refractivity contribution >= 4 is 25.3 Å². The molecular formula is C2H6FeN2O3S2. The van der Waals surface area contributed by atoms with Gasteiger partial charge < -0.3 is 41.7 Å². The third kappa shape index (κ3) is 11200. The first-order valence-corrected chi connectivity index (χ1v) is 1.67. The minimum absolute atomic E-state index is 0. The van der Waals surface area contributed by atoms with Gasteiger partial charge >= 0.3 is 17.1 Å². The van der Waals surface area contributed by atoms with Gasteiger partial charge in [0.15, 0.2) is 0 Å². The minimum Gasteiger partial charge on any atom is -0.696 e. The van der Waals surface area contributed by atoms with Crippen molar-refractivity contribution in [2.24, 2.45) is 0 Å². The molecule has 0 saturated carbocycles. The molecular weight excluding hydrogens is 220 g/mol. The Morgan fingerprint density at radius 2 is 0.800 bits per heavy atom. The molecule has 0 heterocycles. The zero-order valence-electron chi connectivity index (χ0n) is 4.56. The molecule has 62 valence electrons. The van der Waals surface area contributed by atoms with Crippen LogP contribution in [0, 0.1) is 21.3 Å². The van der Waals surface area contributed by atoms with Crippen LogP contribution >= 0.6 is 0 Å². The van der Waals surface area contributed by atoms with Crippen molar-refractivity contribution in [2.45, 2.75) is 0 Å². The molecule has 10 heavy (non-hydrogen) atoms. The Morgan fingerprint density at radius 3 is 0.800 bits per heavy atom. The van der Waals surface area contributed by atoms with E-state index in [1.165, 1.54) is 10.8 Å². The van der Waals surface area contributed by atoms with E-state index in [4.69, 9.17) is 10.5 Å². The number of rotatable bonds is 0. The van der Waals surface area contributed by atoms with Gasteiger partial charge in [0.25, 0.3) is 0 Å². The molecule has 0 saturated heterocycles. The molecule has 0 aliphatic heterocycles. The molecule has 5 nitrogen and oxygen atoms in total. The van der Waals surface area contributed by atoms with Crippen molar-refractivity contribution < 1.29 is 33.5 Å². The van der Waals surface area contributed by atoms with E-state index in [1.807, 2.05) is 0 Å². The van der Waals surface area contributed by atoms with E-state index in [9.17, 15) is 0 Å². The van der Waals surface area contributed by atoms with Crippen LogP contribution in [0.15, 0.2) is 0 Å². The van der Waals surface area contributed by atoms with Crippen molar-refractivity contribution in [1.82, 2.24) is 0 Å². The Balaban J connectivity index is -0.00000000571. The summed E-state index contributed by atoms with van der Waals surface area (Å²) in [6.45, 7) is 0. The summed E-state index contributed by atoms with van der Waals surface area (Å²) < 4.78 is 0. The maximum Gasteiger partial charge on any atom is 2.00 e. The van der Waals surface area contributed by atoms with Crippen LogP contribution in [0.25, 0.3) is 0 Å². The second kappa shape index (κ2) is 163. The standard InChI is InChI=1S/2CHNS.Fe.3H2O/c2*2-1-3;;;;/h2*3H;;3*1H2/q;;+2;;;/p-2. The van der Waals surface area contributed by atoms with Crippen molar-refractivity contribution in [2.75, 3.05) is 0 Å². The van der Waals surface area contributed by atoms with E-state index in [1.54, 1.807) is 0 Å². The minimum atomic E-state index is 0. The van der Waals surface area contributed by atoms with Gasteiger partial charge in [0.1, 0.15) is 0 Å². The molecule has 0 atom stereocenters. The van der Waals surface area contributed by atoms with Gasteiger partial charge in [-0.3, -0.25) is 0 Å². The molecule has 0 aliphatic rings. The summed E-state index contributed by atoms with van der Waals surface area (Å²) >= 11 is 7.40. The van der Waals surface area contributed by atoms with Gasteiger partial charge in [-0.05, 0) is 0 Å². The molecule has 0 aromatic carbocycles. The van der Waals surface area contributed by atoms with E-state index < -0.39 is 0 Å². The van der Waals surface area contributed by atoms with E-state index >= 15 is 0 Å². The third-order valence-corrected chi connectivity index (χ3v) is 0. The molecule has 0 radical (unpaired) electrons. The van der Waals surface area contributed by atoms with Gasteiger partial charge in [-0.2, -0.15) is 0 Å². The Kier molecular flexibility index (Phi) is 853. The van der Waals surface area contributed by atoms with E-state index in [-0.39, 0.29) is 33.5 Å². The van der Waals surface area contributed by atoms with Crippen molar-refractivity contribution in [1.29, 1.82) is 10.5 Å². The Labute approximate surface area is 80.2 Å². The fourth-order valence-corrected chi connectivity index (χ4v) is 0. The number of thiocyanates is 2. The van der Waals surface area contributed by atoms with Crippen molar-refractivity contribution in [3.63, 3.8) is 0 Å². The van der Waals surface area contributed by atoms with E-state index in [0.29, 0.717) is 0 Å². The molecule has 0 spiro atoms. The first-order chi connectivity index (χ1) is 2.83. The summed E-state index contributed by atoms with van der Waals surface area (Å²) in [4.78, 5) is 0. The number of hydrogen-bond donors (Lipinski definition) is 0. The largest absolute Gasteiger partial charge is 2.00 e. The maximum atomic E-state index is 7.13. The third-order valence-electron chi connectivity index (χ3n) is 0. The normalized spacial score (nSPS) is 1.40. The molecule has 0 aromatic rings. The van der Waals surface area contributed by atoms with Gasteiger partial charge in [0, 0.05) is 0 Å². The molecule has 0 rings (SSSR count). The number of nitrogens with zero attached hydrogens (tertiary/aromatic N) is 2. The van der Waals surface area contributed by atoms with Gasteiger partial charge in [-0.1, -0.05) is 10.8 Å². The molecule has 8 heteroatoms. The SMILES string of the molecule is N#C[S-].N#C[S-].O.O.O.[Fe+2]. The zero-order valence-corrected chi connectivity index (χ0v) is 7.30. The van der Waals surface area contributed by atoms with Crippen molar-refractivity contribution in [3.8, 4) is 10.8 Å². The Bertz CT molecular complexity index is 77.5. The average Bonchev–Trinajstić information content (AvgIpc) is 1.39. The second-order valence-corrected chi connectivity index (χ2v) is 0.548. The molecule has 0 amide bonds. The van der Waals surface area contributed by atoms with Crippen LogP contribution < -0.4 is 0 Å². The van der Waals surface area contributed by atoms with E-state index in [2.05, 4.69) is 25.3 Å². The number of nitriles is 2. The van der Waals surface area contributed by atoms with Crippen LogP contribution in [0.4, 0.5) is 0 Å². The maximum absolute atomic E-state index is 7.13. The van der Waals surface area contributed by atoms with Crippen LogP contribution in [-0.4, -0.2) is 16.4 Å².